The molecule has 0 amide bonds. The van der Waals surface area contributed by atoms with Crippen LogP contribution < -0.4 is 15.6 Å². The van der Waals surface area contributed by atoms with Gasteiger partial charge in [-0.05, 0) is 50.5 Å². The summed E-state index contributed by atoms with van der Waals surface area (Å²) < 4.78 is 34.9. The first-order valence-corrected chi connectivity index (χ1v) is 11.8. The van der Waals surface area contributed by atoms with E-state index in [2.05, 4.69) is 20.2 Å². The molecule has 1 aromatic carbocycles. The van der Waals surface area contributed by atoms with Crippen molar-refractivity contribution < 1.29 is 18.0 Å². The summed E-state index contributed by atoms with van der Waals surface area (Å²) in [6, 6.07) is 4.75. The molecule has 4 N–H and O–H groups in total. The second-order valence-corrected chi connectivity index (χ2v) is 9.58. The van der Waals surface area contributed by atoms with Gasteiger partial charge in [0.15, 0.2) is 0 Å². The molecule has 10 heteroatoms. The summed E-state index contributed by atoms with van der Waals surface area (Å²) in [5.74, 6) is 0.563. The topological polar surface area (TPSA) is 137 Å². The predicted molar refractivity (Wildman–Crippen MR) is 118 cm³/mol. The van der Waals surface area contributed by atoms with Gasteiger partial charge in [0.05, 0.1) is 22.7 Å². The highest BCUT2D eigenvalue weighted by molar-refractivity contribution is 7.89. The summed E-state index contributed by atoms with van der Waals surface area (Å²) in [5.41, 5.74) is 2.12. The van der Waals surface area contributed by atoms with Gasteiger partial charge in [-0.1, -0.05) is 18.0 Å². The summed E-state index contributed by atoms with van der Waals surface area (Å²) in [6.07, 6.45) is 3.60. The van der Waals surface area contributed by atoms with Crippen LogP contribution in [0.2, 0.25) is 0 Å². The molecule has 2 heterocycles. The fourth-order valence-corrected chi connectivity index (χ4v) is 5.73. The standard InChI is InChI=1S/C21H26N4O5S/c1-12-20(13(2)30-24-12)14-9-17-16(11-18(21(27)23-17)22-7-8-26)19(10-14)31(28,29)25-15-5-3-4-6-15/h9-11,15,22,25-26H,3-8H2,1-2H3,(H,23,27). The second-order valence-electron chi connectivity index (χ2n) is 7.90. The van der Waals surface area contributed by atoms with E-state index in [0.717, 1.165) is 25.7 Å². The van der Waals surface area contributed by atoms with Crippen LogP contribution in [-0.4, -0.2) is 42.9 Å². The van der Waals surface area contributed by atoms with Crippen LogP contribution in [0.1, 0.15) is 37.1 Å². The Balaban J connectivity index is 1.94. The molecule has 1 saturated carbocycles. The van der Waals surface area contributed by atoms with Crippen molar-refractivity contribution in [1.29, 1.82) is 0 Å². The number of H-pyrrole nitrogens is 1. The number of aromatic amines is 1. The summed E-state index contributed by atoms with van der Waals surface area (Å²) in [4.78, 5) is 15.4. The molecule has 0 saturated heterocycles. The number of aliphatic hydroxyl groups excluding tert-OH is 1. The number of aryl methyl sites for hydroxylation is 2. The van der Waals surface area contributed by atoms with Gasteiger partial charge in [0.25, 0.3) is 5.56 Å². The van der Waals surface area contributed by atoms with Gasteiger partial charge in [-0.15, -0.1) is 0 Å². The van der Waals surface area contributed by atoms with Gasteiger partial charge in [-0.2, -0.15) is 0 Å². The van der Waals surface area contributed by atoms with Crippen LogP contribution in [0.3, 0.4) is 0 Å². The zero-order valence-corrected chi connectivity index (χ0v) is 18.3. The Hall–Kier alpha value is -2.69. The minimum Gasteiger partial charge on any atom is -0.395 e. The first-order chi connectivity index (χ1) is 14.8. The maximum Gasteiger partial charge on any atom is 0.271 e. The molecular weight excluding hydrogens is 420 g/mol. The van der Waals surface area contributed by atoms with Crippen molar-refractivity contribution in [2.75, 3.05) is 18.5 Å². The van der Waals surface area contributed by atoms with Crippen molar-refractivity contribution in [2.45, 2.75) is 50.5 Å². The van der Waals surface area contributed by atoms with Crippen molar-refractivity contribution in [3.8, 4) is 11.1 Å². The van der Waals surface area contributed by atoms with E-state index in [9.17, 15) is 13.2 Å². The summed E-state index contributed by atoms with van der Waals surface area (Å²) in [6.45, 7) is 3.56. The number of nitrogens with one attached hydrogen (secondary N) is 3. The van der Waals surface area contributed by atoms with Gasteiger partial charge in [0, 0.05) is 23.5 Å². The van der Waals surface area contributed by atoms with Crippen LogP contribution in [-0.2, 0) is 10.0 Å². The average Bonchev–Trinajstić information content (AvgIpc) is 3.34. The average molecular weight is 447 g/mol. The normalized spacial score (nSPS) is 15.1. The molecule has 1 fully saturated rings. The summed E-state index contributed by atoms with van der Waals surface area (Å²) in [5, 5.41) is 16.3. The number of fused-ring (bicyclic) bond motifs is 1. The number of rotatable bonds is 7. The number of hydrogen-bond acceptors (Lipinski definition) is 7. The van der Waals surface area contributed by atoms with E-state index in [1.807, 2.05) is 0 Å². The lowest BCUT2D eigenvalue weighted by atomic mass is 10.0. The molecule has 0 atom stereocenters. The number of nitrogens with zero attached hydrogens (tertiary/aromatic N) is 1. The van der Waals surface area contributed by atoms with Crippen molar-refractivity contribution in [3.05, 3.63) is 40.0 Å². The number of aliphatic hydroxyl groups is 1. The molecule has 0 unspecified atom stereocenters. The fraction of sp³-hybridized carbons (Fsp3) is 0.429. The SMILES string of the molecule is Cc1noc(C)c1-c1cc(S(=O)(=O)NC2CCCC2)c2cc(NCCO)c(=O)[nH]c2c1. The Bertz CT molecular complexity index is 1250. The number of hydrogen-bond donors (Lipinski definition) is 4. The lowest BCUT2D eigenvalue weighted by Gasteiger charge is -2.16. The minimum atomic E-state index is -3.86. The zero-order valence-electron chi connectivity index (χ0n) is 17.5. The van der Waals surface area contributed by atoms with E-state index >= 15 is 0 Å². The first kappa shape index (κ1) is 21.5. The Morgan fingerprint density at radius 1 is 1.23 bits per heavy atom. The molecule has 9 nitrogen and oxygen atoms in total. The van der Waals surface area contributed by atoms with Gasteiger partial charge < -0.3 is 19.9 Å². The third-order valence-corrected chi connectivity index (χ3v) is 7.20. The molecule has 166 valence electrons. The number of anilines is 1. The molecule has 2 aromatic heterocycles. The number of sulfonamides is 1. The fourth-order valence-electron chi connectivity index (χ4n) is 4.19. The van der Waals surface area contributed by atoms with Crippen molar-refractivity contribution in [1.82, 2.24) is 14.9 Å². The van der Waals surface area contributed by atoms with Crippen LogP contribution in [0.25, 0.3) is 22.0 Å². The lowest BCUT2D eigenvalue weighted by Crippen LogP contribution is -2.33. The summed E-state index contributed by atoms with van der Waals surface area (Å²) >= 11 is 0. The quantitative estimate of drug-likeness (QED) is 0.437. The van der Waals surface area contributed by atoms with Crippen LogP contribution >= 0.6 is 0 Å². The third-order valence-electron chi connectivity index (χ3n) is 5.64. The van der Waals surface area contributed by atoms with Gasteiger partial charge in [-0.3, -0.25) is 4.79 Å². The Morgan fingerprint density at radius 3 is 2.61 bits per heavy atom. The van der Waals surface area contributed by atoms with E-state index in [-0.39, 0.29) is 29.8 Å². The van der Waals surface area contributed by atoms with Crippen LogP contribution in [0.4, 0.5) is 5.69 Å². The van der Waals surface area contributed by atoms with E-state index in [0.29, 0.717) is 33.5 Å². The Labute approximate surface area is 179 Å². The largest absolute Gasteiger partial charge is 0.395 e. The van der Waals surface area contributed by atoms with E-state index in [4.69, 9.17) is 9.63 Å². The molecule has 0 aliphatic heterocycles. The number of aromatic nitrogens is 2. The minimum absolute atomic E-state index is 0.0789. The molecule has 1 aliphatic rings. The smallest absolute Gasteiger partial charge is 0.271 e. The third kappa shape index (κ3) is 4.23. The second kappa shape index (κ2) is 8.45. The monoisotopic (exact) mass is 446 g/mol. The molecule has 0 radical (unpaired) electrons. The summed E-state index contributed by atoms with van der Waals surface area (Å²) in [7, 11) is -3.86. The first-order valence-electron chi connectivity index (χ1n) is 10.3. The maximum atomic E-state index is 13.4. The van der Waals surface area contributed by atoms with Gasteiger partial charge >= 0.3 is 0 Å². The van der Waals surface area contributed by atoms with Gasteiger partial charge in [-0.25, -0.2) is 13.1 Å². The predicted octanol–water partition coefficient (Wildman–Crippen LogP) is 2.43. The molecular formula is C21H26N4O5S. The van der Waals surface area contributed by atoms with Gasteiger partial charge in [0.2, 0.25) is 10.0 Å². The molecule has 0 bridgehead atoms. The Morgan fingerprint density at radius 2 is 1.97 bits per heavy atom. The van der Waals surface area contributed by atoms with E-state index < -0.39 is 15.6 Å². The van der Waals surface area contributed by atoms with E-state index in [1.54, 1.807) is 26.0 Å². The Kier molecular flexibility index (Phi) is 5.87. The van der Waals surface area contributed by atoms with Crippen molar-refractivity contribution in [2.24, 2.45) is 0 Å². The highest BCUT2D eigenvalue weighted by Crippen LogP contribution is 2.34. The number of benzene rings is 1. The molecule has 4 rings (SSSR count). The highest BCUT2D eigenvalue weighted by atomic mass is 32.2. The van der Waals surface area contributed by atoms with Crippen LogP contribution in [0, 0.1) is 13.8 Å². The highest BCUT2D eigenvalue weighted by Gasteiger charge is 2.26. The molecule has 0 spiro atoms. The van der Waals surface area contributed by atoms with Crippen LogP contribution in [0.15, 0.2) is 32.4 Å². The van der Waals surface area contributed by atoms with E-state index in [1.165, 1.54) is 6.07 Å². The molecule has 31 heavy (non-hydrogen) atoms. The van der Waals surface area contributed by atoms with Crippen LogP contribution in [0.5, 0.6) is 0 Å². The zero-order chi connectivity index (χ0) is 22.2. The molecule has 1 aliphatic carbocycles. The molecule has 3 aromatic rings. The lowest BCUT2D eigenvalue weighted by molar-refractivity contribution is 0.311. The van der Waals surface area contributed by atoms with Crippen molar-refractivity contribution in [3.63, 3.8) is 0 Å². The number of pyridine rings is 1. The van der Waals surface area contributed by atoms with Crippen molar-refractivity contribution >= 4 is 26.6 Å². The van der Waals surface area contributed by atoms with Gasteiger partial charge in [0.1, 0.15) is 11.4 Å². The maximum absolute atomic E-state index is 13.4.